The minimum atomic E-state index is -0.870. The average molecular weight is 127 g/mol. The Morgan fingerprint density at radius 1 is 1.56 bits per heavy atom. The smallest absolute Gasteiger partial charge is 0.403 e. The van der Waals surface area contributed by atoms with Crippen molar-refractivity contribution in [1.82, 2.24) is 0 Å². The Balaban J connectivity index is 3.50. The highest BCUT2D eigenvalue weighted by Crippen LogP contribution is 1.92. The molecule has 0 unspecified atom stereocenters. The fourth-order valence-corrected chi connectivity index (χ4v) is 0.210. The van der Waals surface area contributed by atoms with Gasteiger partial charge in [-0.15, -0.1) is 0 Å². The Morgan fingerprint density at radius 3 is 2.44 bits per heavy atom. The lowest BCUT2D eigenvalue weighted by atomic mass is 10.7. The first kappa shape index (κ1) is 7.75. The Bertz CT molecular complexity index is 137. The molecule has 0 bridgehead atoms. The molecular formula is C6H7O3. The molecule has 0 N–H and O–H groups in total. The molecule has 0 heterocycles. The lowest BCUT2D eigenvalue weighted by Gasteiger charge is -1.97. The number of carbonyl (C=O) groups excluding carboxylic acids is 1. The van der Waals surface area contributed by atoms with Crippen molar-refractivity contribution < 1.29 is 14.3 Å². The van der Waals surface area contributed by atoms with E-state index in [-0.39, 0.29) is 5.76 Å². The molecule has 1 radical (unpaired) electrons. The molecule has 0 atom stereocenters. The summed E-state index contributed by atoms with van der Waals surface area (Å²) in [6, 6.07) is 0. The van der Waals surface area contributed by atoms with Crippen LogP contribution in [0.1, 0.15) is 0 Å². The van der Waals surface area contributed by atoms with Gasteiger partial charge in [0, 0.05) is 6.92 Å². The first-order valence-corrected chi connectivity index (χ1v) is 2.17. The van der Waals surface area contributed by atoms with Crippen molar-refractivity contribution in [3.8, 4) is 0 Å². The first-order valence-electron chi connectivity index (χ1n) is 2.17. The zero-order valence-corrected chi connectivity index (χ0v) is 4.92. The molecule has 0 aromatic rings. The maximum Gasteiger partial charge on any atom is 0.518 e. The van der Waals surface area contributed by atoms with Gasteiger partial charge in [-0.1, -0.05) is 13.2 Å². The molecule has 3 nitrogen and oxygen atoms in total. The van der Waals surface area contributed by atoms with Crippen LogP contribution in [0.25, 0.3) is 0 Å². The Labute approximate surface area is 53.6 Å². The molecule has 0 saturated carbocycles. The molecule has 9 heavy (non-hydrogen) atoms. The van der Waals surface area contributed by atoms with E-state index in [1.807, 2.05) is 0 Å². The molecule has 0 fully saturated rings. The number of rotatable bonds is 2. The lowest BCUT2D eigenvalue weighted by Crippen LogP contribution is -2.00. The monoisotopic (exact) mass is 127 g/mol. The molecule has 0 aliphatic heterocycles. The van der Waals surface area contributed by atoms with Crippen molar-refractivity contribution in [2.24, 2.45) is 0 Å². The van der Waals surface area contributed by atoms with Crippen LogP contribution in [0.4, 0.5) is 4.79 Å². The van der Waals surface area contributed by atoms with Crippen molar-refractivity contribution in [3.05, 3.63) is 32.1 Å². The molecule has 0 rings (SSSR count). The van der Waals surface area contributed by atoms with Crippen molar-refractivity contribution >= 4 is 6.16 Å². The zero-order chi connectivity index (χ0) is 7.28. The summed E-state index contributed by atoms with van der Waals surface area (Å²) in [4.78, 5) is 10.2. The van der Waals surface area contributed by atoms with Gasteiger partial charge < -0.3 is 9.47 Å². The van der Waals surface area contributed by atoms with Crippen LogP contribution < -0.4 is 0 Å². The highest BCUT2D eigenvalue weighted by molar-refractivity contribution is 5.62. The number of ether oxygens (including phenoxy) is 2. The largest absolute Gasteiger partial charge is 0.518 e. The van der Waals surface area contributed by atoms with E-state index in [0.717, 1.165) is 6.26 Å². The van der Waals surface area contributed by atoms with Gasteiger partial charge in [0.05, 0.1) is 6.26 Å². The third-order valence-corrected chi connectivity index (χ3v) is 0.407. The van der Waals surface area contributed by atoms with Crippen LogP contribution in [0.2, 0.25) is 0 Å². The minimum absolute atomic E-state index is 0.0434. The summed E-state index contributed by atoms with van der Waals surface area (Å²) < 4.78 is 8.41. The van der Waals surface area contributed by atoms with Crippen molar-refractivity contribution in [2.75, 3.05) is 0 Å². The molecule has 0 spiro atoms. The molecule has 0 aliphatic rings. The molecule has 0 saturated heterocycles. The maximum atomic E-state index is 10.2. The standard InChI is InChI=1S/C6H7O3/c1-4-8-6(7)9-5(2)3/h4H,1-3H2. The van der Waals surface area contributed by atoms with Crippen LogP contribution in [0.5, 0.6) is 0 Å². The second-order valence-corrected chi connectivity index (χ2v) is 1.18. The summed E-state index contributed by atoms with van der Waals surface area (Å²) in [6.45, 7) is 9.55. The highest BCUT2D eigenvalue weighted by Gasteiger charge is 1.98. The lowest BCUT2D eigenvalue weighted by molar-refractivity contribution is 0.114. The van der Waals surface area contributed by atoms with Gasteiger partial charge in [-0.25, -0.2) is 4.79 Å². The summed E-state index contributed by atoms with van der Waals surface area (Å²) in [5.41, 5.74) is 0. The van der Waals surface area contributed by atoms with Gasteiger partial charge in [-0.3, -0.25) is 0 Å². The average Bonchev–Trinajstić information content (AvgIpc) is 1.63. The summed E-state index contributed by atoms with van der Waals surface area (Å²) in [5, 5.41) is 0. The SMILES string of the molecule is [CH2]C(=C)OC(=O)OC=C. The predicted octanol–water partition coefficient (Wildman–Crippen LogP) is 1.63. The first-order chi connectivity index (χ1) is 4.16. The number of hydrogen-bond acceptors (Lipinski definition) is 3. The summed E-state index contributed by atoms with van der Waals surface area (Å²) in [6.07, 6.45) is 0.0932. The van der Waals surface area contributed by atoms with Gasteiger partial charge in [0.1, 0.15) is 5.76 Å². The van der Waals surface area contributed by atoms with Gasteiger partial charge >= 0.3 is 6.16 Å². The normalized spacial score (nSPS) is 7.67. The second kappa shape index (κ2) is 3.72. The Morgan fingerprint density at radius 2 is 2.11 bits per heavy atom. The maximum absolute atomic E-state index is 10.2. The summed E-state index contributed by atoms with van der Waals surface area (Å²) >= 11 is 0. The molecular weight excluding hydrogens is 120 g/mol. The number of hydrogen-bond donors (Lipinski definition) is 0. The van der Waals surface area contributed by atoms with E-state index in [2.05, 4.69) is 29.6 Å². The van der Waals surface area contributed by atoms with Gasteiger partial charge in [0.25, 0.3) is 0 Å². The van der Waals surface area contributed by atoms with Crippen molar-refractivity contribution in [1.29, 1.82) is 0 Å². The zero-order valence-electron chi connectivity index (χ0n) is 4.92. The van der Waals surface area contributed by atoms with E-state index in [4.69, 9.17) is 0 Å². The fraction of sp³-hybridized carbons (Fsp3) is 0. The van der Waals surface area contributed by atoms with E-state index < -0.39 is 6.16 Å². The van der Waals surface area contributed by atoms with Crippen LogP contribution in [0.3, 0.4) is 0 Å². The van der Waals surface area contributed by atoms with Crippen LogP contribution in [-0.2, 0) is 9.47 Å². The van der Waals surface area contributed by atoms with Gasteiger partial charge in [-0.05, 0) is 0 Å². The van der Waals surface area contributed by atoms with Crippen molar-refractivity contribution in [2.45, 2.75) is 0 Å². The highest BCUT2D eigenvalue weighted by atomic mass is 16.7. The number of allylic oxidation sites excluding steroid dienone is 1. The van der Waals surface area contributed by atoms with Crippen LogP contribution >= 0.6 is 0 Å². The van der Waals surface area contributed by atoms with Crippen molar-refractivity contribution in [3.63, 3.8) is 0 Å². The number of carbonyl (C=O) groups is 1. The quantitative estimate of drug-likeness (QED) is 0.417. The summed E-state index contributed by atoms with van der Waals surface area (Å²) in [7, 11) is 0. The van der Waals surface area contributed by atoms with Crippen LogP contribution in [0.15, 0.2) is 25.2 Å². The van der Waals surface area contributed by atoms with E-state index in [1.54, 1.807) is 0 Å². The third kappa shape index (κ3) is 4.61. The molecule has 0 aromatic heterocycles. The Hall–Kier alpha value is -1.25. The van der Waals surface area contributed by atoms with Gasteiger partial charge in [0.15, 0.2) is 0 Å². The topological polar surface area (TPSA) is 35.5 Å². The third-order valence-electron chi connectivity index (χ3n) is 0.407. The van der Waals surface area contributed by atoms with E-state index in [0.29, 0.717) is 0 Å². The van der Waals surface area contributed by atoms with Crippen LogP contribution in [0, 0.1) is 6.92 Å². The Kier molecular flexibility index (Phi) is 3.20. The molecule has 3 heteroatoms. The van der Waals surface area contributed by atoms with Gasteiger partial charge in [-0.2, -0.15) is 0 Å². The van der Waals surface area contributed by atoms with Gasteiger partial charge in [0.2, 0.25) is 0 Å². The fourth-order valence-electron chi connectivity index (χ4n) is 0.210. The predicted molar refractivity (Wildman–Crippen MR) is 32.3 cm³/mol. The molecule has 0 aromatic carbocycles. The molecule has 0 amide bonds. The van der Waals surface area contributed by atoms with E-state index in [9.17, 15) is 4.79 Å². The minimum Gasteiger partial charge on any atom is -0.403 e. The van der Waals surface area contributed by atoms with Crippen LogP contribution in [-0.4, -0.2) is 6.16 Å². The van der Waals surface area contributed by atoms with E-state index in [1.165, 1.54) is 0 Å². The molecule has 0 aliphatic carbocycles. The molecule has 49 valence electrons. The van der Waals surface area contributed by atoms with E-state index >= 15 is 0 Å². The summed E-state index contributed by atoms with van der Waals surface area (Å²) in [5.74, 6) is 0.0434. The second-order valence-electron chi connectivity index (χ2n) is 1.18.